The summed E-state index contributed by atoms with van der Waals surface area (Å²) in [5, 5.41) is 7.23. The van der Waals surface area contributed by atoms with Gasteiger partial charge in [0.15, 0.2) is 5.69 Å². The average Bonchev–Trinajstić information content (AvgIpc) is 2.96. The summed E-state index contributed by atoms with van der Waals surface area (Å²) in [6.07, 6.45) is 2.79. The molecule has 0 unspecified atom stereocenters. The predicted molar refractivity (Wildman–Crippen MR) is 89.3 cm³/mol. The molecule has 0 bridgehead atoms. The lowest BCUT2D eigenvalue weighted by atomic mass is 10.1. The van der Waals surface area contributed by atoms with E-state index in [2.05, 4.69) is 29.2 Å². The van der Waals surface area contributed by atoms with E-state index in [1.807, 2.05) is 38.5 Å². The van der Waals surface area contributed by atoms with E-state index >= 15 is 0 Å². The van der Waals surface area contributed by atoms with E-state index in [0.717, 1.165) is 25.2 Å². The maximum absolute atomic E-state index is 12.3. The van der Waals surface area contributed by atoms with Crippen molar-refractivity contribution in [1.82, 2.24) is 14.7 Å². The van der Waals surface area contributed by atoms with Gasteiger partial charge in [-0.2, -0.15) is 5.10 Å². The van der Waals surface area contributed by atoms with Crippen LogP contribution in [-0.4, -0.2) is 41.2 Å². The standard InChI is InChI=1S/C17H24N4O/c1-5-14-12-15(7-6-13(14)2)18-17(22)16-8-9-21(19-16)11-10-20(3)4/h6-9,12H,5,10-11H2,1-4H3,(H,18,22). The third-order valence-corrected chi connectivity index (χ3v) is 3.64. The van der Waals surface area contributed by atoms with Crippen LogP contribution in [0.2, 0.25) is 0 Å². The highest BCUT2D eigenvalue weighted by molar-refractivity contribution is 6.02. The van der Waals surface area contributed by atoms with Gasteiger partial charge in [0.2, 0.25) is 0 Å². The van der Waals surface area contributed by atoms with E-state index in [1.165, 1.54) is 11.1 Å². The molecule has 0 saturated carbocycles. The molecule has 22 heavy (non-hydrogen) atoms. The molecule has 2 aromatic rings. The van der Waals surface area contributed by atoms with E-state index in [0.29, 0.717) is 5.69 Å². The van der Waals surface area contributed by atoms with E-state index in [-0.39, 0.29) is 5.91 Å². The second kappa shape index (κ2) is 7.22. The molecule has 118 valence electrons. The van der Waals surface area contributed by atoms with Crippen LogP contribution in [0.1, 0.15) is 28.5 Å². The minimum atomic E-state index is -0.172. The van der Waals surface area contributed by atoms with Crippen LogP contribution in [0.25, 0.3) is 0 Å². The van der Waals surface area contributed by atoms with Gasteiger partial charge in [-0.15, -0.1) is 0 Å². The molecule has 1 heterocycles. The fourth-order valence-corrected chi connectivity index (χ4v) is 2.24. The summed E-state index contributed by atoms with van der Waals surface area (Å²) >= 11 is 0. The highest BCUT2D eigenvalue weighted by atomic mass is 16.1. The van der Waals surface area contributed by atoms with Gasteiger partial charge in [-0.05, 0) is 56.8 Å². The van der Waals surface area contributed by atoms with Gasteiger partial charge in [0.1, 0.15) is 0 Å². The normalized spacial score (nSPS) is 11.0. The zero-order valence-corrected chi connectivity index (χ0v) is 13.8. The molecular weight excluding hydrogens is 276 g/mol. The van der Waals surface area contributed by atoms with Crippen molar-refractivity contribution in [3.63, 3.8) is 0 Å². The summed E-state index contributed by atoms with van der Waals surface area (Å²) in [4.78, 5) is 14.3. The Morgan fingerprint density at radius 1 is 1.32 bits per heavy atom. The maximum atomic E-state index is 12.3. The Balaban J connectivity index is 2.03. The van der Waals surface area contributed by atoms with Crippen LogP contribution >= 0.6 is 0 Å². The number of rotatable bonds is 6. The number of anilines is 1. The molecule has 0 radical (unpaired) electrons. The minimum absolute atomic E-state index is 0.172. The first-order valence-corrected chi connectivity index (χ1v) is 7.58. The fraction of sp³-hybridized carbons (Fsp3) is 0.412. The molecule has 0 aliphatic carbocycles. The van der Waals surface area contributed by atoms with Crippen molar-refractivity contribution in [1.29, 1.82) is 0 Å². The molecule has 0 saturated heterocycles. The van der Waals surface area contributed by atoms with Gasteiger partial charge in [0, 0.05) is 18.4 Å². The number of hydrogen-bond acceptors (Lipinski definition) is 3. The monoisotopic (exact) mass is 300 g/mol. The molecule has 0 aliphatic heterocycles. The minimum Gasteiger partial charge on any atom is -0.321 e. The van der Waals surface area contributed by atoms with Crippen molar-refractivity contribution >= 4 is 11.6 Å². The van der Waals surface area contributed by atoms with Crippen molar-refractivity contribution < 1.29 is 4.79 Å². The lowest BCUT2D eigenvalue weighted by molar-refractivity contribution is 0.102. The molecular formula is C17H24N4O. The van der Waals surface area contributed by atoms with Crippen LogP contribution in [0.15, 0.2) is 30.5 Å². The second-order valence-electron chi connectivity index (χ2n) is 5.72. The Hall–Kier alpha value is -2.14. The Labute approximate surface area is 131 Å². The quantitative estimate of drug-likeness (QED) is 0.892. The summed E-state index contributed by atoms with van der Waals surface area (Å²) in [6, 6.07) is 7.73. The maximum Gasteiger partial charge on any atom is 0.276 e. The fourth-order valence-electron chi connectivity index (χ4n) is 2.24. The van der Waals surface area contributed by atoms with E-state index in [1.54, 1.807) is 10.7 Å². The number of hydrogen-bond donors (Lipinski definition) is 1. The van der Waals surface area contributed by atoms with E-state index in [4.69, 9.17) is 0 Å². The first kappa shape index (κ1) is 16.2. The molecule has 1 amide bonds. The molecule has 0 aliphatic rings. The van der Waals surface area contributed by atoms with Crippen LogP contribution in [0.4, 0.5) is 5.69 Å². The topological polar surface area (TPSA) is 50.2 Å². The number of carbonyl (C=O) groups is 1. The number of benzene rings is 1. The summed E-state index contributed by atoms with van der Waals surface area (Å²) in [5.41, 5.74) is 3.75. The van der Waals surface area contributed by atoms with E-state index in [9.17, 15) is 4.79 Å². The summed E-state index contributed by atoms with van der Waals surface area (Å²) in [6.45, 7) is 5.85. The molecule has 2 rings (SSSR count). The smallest absolute Gasteiger partial charge is 0.276 e. The highest BCUT2D eigenvalue weighted by Gasteiger charge is 2.10. The van der Waals surface area contributed by atoms with Crippen molar-refractivity contribution in [3.05, 3.63) is 47.3 Å². The number of amides is 1. The molecule has 5 heteroatoms. The highest BCUT2D eigenvalue weighted by Crippen LogP contribution is 2.16. The second-order valence-corrected chi connectivity index (χ2v) is 5.72. The van der Waals surface area contributed by atoms with Crippen LogP contribution in [0, 0.1) is 6.92 Å². The number of likely N-dealkylation sites (N-methyl/N-ethyl adjacent to an activating group) is 1. The summed E-state index contributed by atoms with van der Waals surface area (Å²) in [7, 11) is 4.03. The van der Waals surface area contributed by atoms with E-state index < -0.39 is 0 Å². The van der Waals surface area contributed by atoms with Crippen LogP contribution in [0.3, 0.4) is 0 Å². The Bertz CT molecular complexity index is 646. The summed E-state index contributed by atoms with van der Waals surface area (Å²) < 4.78 is 1.79. The van der Waals surface area contributed by atoms with Crippen molar-refractivity contribution in [2.75, 3.05) is 26.0 Å². The largest absolute Gasteiger partial charge is 0.321 e. The van der Waals surface area contributed by atoms with Crippen LogP contribution in [0.5, 0.6) is 0 Å². The number of nitrogens with zero attached hydrogens (tertiary/aromatic N) is 3. The summed E-state index contributed by atoms with van der Waals surface area (Å²) in [5.74, 6) is -0.172. The van der Waals surface area contributed by atoms with Gasteiger partial charge in [-0.25, -0.2) is 0 Å². The van der Waals surface area contributed by atoms with Crippen LogP contribution < -0.4 is 5.32 Å². The number of aromatic nitrogens is 2. The SMILES string of the molecule is CCc1cc(NC(=O)c2ccn(CCN(C)C)n2)ccc1C. The molecule has 0 atom stereocenters. The lowest BCUT2D eigenvalue weighted by Gasteiger charge is -2.09. The van der Waals surface area contributed by atoms with Gasteiger partial charge < -0.3 is 10.2 Å². The van der Waals surface area contributed by atoms with Crippen molar-refractivity contribution in [2.45, 2.75) is 26.8 Å². The van der Waals surface area contributed by atoms with Crippen molar-refractivity contribution in [3.8, 4) is 0 Å². The van der Waals surface area contributed by atoms with Crippen LogP contribution in [-0.2, 0) is 13.0 Å². The molecule has 0 fully saturated rings. The first-order valence-electron chi connectivity index (χ1n) is 7.58. The van der Waals surface area contributed by atoms with Gasteiger partial charge in [0.05, 0.1) is 6.54 Å². The Morgan fingerprint density at radius 2 is 2.09 bits per heavy atom. The number of nitrogens with one attached hydrogen (secondary N) is 1. The zero-order chi connectivity index (χ0) is 16.1. The Kier molecular flexibility index (Phi) is 5.33. The Morgan fingerprint density at radius 3 is 2.77 bits per heavy atom. The predicted octanol–water partition coefficient (Wildman–Crippen LogP) is 2.57. The molecule has 1 N–H and O–H groups in total. The number of aryl methyl sites for hydroxylation is 2. The van der Waals surface area contributed by atoms with Crippen molar-refractivity contribution in [2.24, 2.45) is 0 Å². The molecule has 0 spiro atoms. The van der Waals surface area contributed by atoms with Gasteiger partial charge >= 0.3 is 0 Å². The van der Waals surface area contributed by atoms with Gasteiger partial charge in [0.25, 0.3) is 5.91 Å². The molecule has 5 nitrogen and oxygen atoms in total. The average molecular weight is 300 g/mol. The molecule has 1 aromatic carbocycles. The number of carbonyl (C=O) groups excluding carboxylic acids is 1. The first-order chi connectivity index (χ1) is 10.5. The van der Waals surface area contributed by atoms with Gasteiger partial charge in [-0.3, -0.25) is 9.48 Å². The lowest BCUT2D eigenvalue weighted by Crippen LogP contribution is -2.19. The zero-order valence-electron chi connectivity index (χ0n) is 13.8. The third kappa shape index (κ3) is 4.18. The molecule has 1 aromatic heterocycles. The third-order valence-electron chi connectivity index (χ3n) is 3.64. The van der Waals surface area contributed by atoms with Gasteiger partial charge in [-0.1, -0.05) is 13.0 Å².